The second-order valence-electron chi connectivity index (χ2n) is 4.60. The Morgan fingerprint density at radius 1 is 1.13 bits per heavy atom. The van der Waals surface area contributed by atoms with E-state index in [4.69, 9.17) is 21.1 Å². The Morgan fingerprint density at radius 2 is 1.83 bits per heavy atom. The predicted octanol–water partition coefficient (Wildman–Crippen LogP) is 4.10. The van der Waals surface area contributed by atoms with Gasteiger partial charge in [-0.3, -0.25) is 4.79 Å². The molecule has 2 rings (SSSR count). The number of rotatable bonds is 8. The lowest BCUT2D eigenvalue weighted by molar-refractivity contribution is -0.113. The van der Waals surface area contributed by atoms with Crippen LogP contribution in [0.4, 0.5) is 5.69 Å². The average molecular weight is 352 g/mol. The van der Waals surface area contributed by atoms with Gasteiger partial charge in [-0.05, 0) is 36.4 Å². The fourth-order valence-electron chi connectivity index (χ4n) is 1.80. The summed E-state index contributed by atoms with van der Waals surface area (Å²) in [5, 5.41) is 3.32. The highest BCUT2D eigenvalue weighted by molar-refractivity contribution is 7.99. The highest BCUT2D eigenvalue weighted by Crippen LogP contribution is 2.21. The van der Waals surface area contributed by atoms with E-state index in [-0.39, 0.29) is 5.91 Å². The maximum absolute atomic E-state index is 11.8. The molecule has 0 radical (unpaired) electrons. The van der Waals surface area contributed by atoms with E-state index in [1.165, 1.54) is 11.8 Å². The largest absolute Gasteiger partial charge is 0.497 e. The zero-order valence-electron chi connectivity index (χ0n) is 12.8. The van der Waals surface area contributed by atoms with Crippen molar-refractivity contribution in [3.8, 4) is 11.5 Å². The molecule has 23 heavy (non-hydrogen) atoms. The van der Waals surface area contributed by atoms with Crippen LogP contribution in [0.15, 0.2) is 48.5 Å². The van der Waals surface area contributed by atoms with Crippen LogP contribution in [0.5, 0.6) is 11.5 Å². The summed E-state index contributed by atoms with van der Waals surface area (Å²) in [4.78, 5) is 11.8. The van der Waals surface area contributed by atoms with Crippen LogP contribution in [0.1, 0.15) is 0 Å². The summed E-state index contributed by atoms with van der Waals surface area (Å²) in [6.45, 7) is 0.538. The number of halogens is 1. The molecular weight excluding hydrogens is 334 g/mol. The number of carbonyl (C=O) groups excluding carboxylic acids is 1. The molecule has 4 nitrogen and oxygen atoms in total. The van der Waals surface area contributed by atoms with Gasteiger partial charge >= 0.3 is 0 Å². The summed E-state index contributed by atoms with van der Waals surface area (Å²) >= 11 is 7.50. The summed E-state index contributed by atoms with van der Waals surface area (Å²) in [5.41, 5.74) is 0.634. The number of methoxy groups -OCH3 is 1. The zero-order chi connectivity index (χ0) is 16.5. The number of anilines is 1. The molecule has 0 spiro atoms. The third-order valence-electron chi connectivity index (χ3n) is 2.94. The Bertz CT molecular complexity index is 634. The van der Waals surface area contributed by atoms with Crippen LogP contribution >= 0.6 is 23.4 Å². The summed E-state index contributed by atoms with van der Waals surface area (Å²) in [6, 6.07) is 14.6. The number of benzene rings is 2. The van der Waals surface area contributed by atoms with Crippen LogP contribution in [-0.2, 0) is 4.79 Å². The third-order valence-corrected chi connectivity index (χ3v) is 4.19. The van der Waals surface area contributed by atoms with Gasteiger partial charge in [0.1, 0.15) is 11.5 Å². The smallest absolute Gasteiger partial charge is 0.234 e. The van der Waals surface area contributed by atoms with Gasteiger partial charge in [-0.1, -0.05) is 23.7 Å². The summed E-state index contributed by atoms with van der Waals surface area (Å²) in [6.07, 6.45) is 0. The number of carbonyl (C=O) groups is 1. The fraction of sp³-hybridized carbons (Fsp3) is 0.235. The van der Waals surface area contributed by atoms with Crippen molar-refractivity contribution in [2.24, 2.45) is 0 Å². The van der Waals surface area contributed by atoms with Crippen molar-refractivity contribution >= 4 is 35.0 Å². The van der Waals surface area contributed by atoms with Gasteiger partial charge in [-0.25, -0.2) is 0 Å². The average Bonchev–Trinajstić information content (AvgIpc) is 2.57. The standard InChI is InChI=1S/C17H18ClNO3S/c1-21-13-6-8-14(9-7-13)22-10-11-23-12-17(20)19-16-5-3-2-4-15(16)18/h2-9H,10-12H2,1H3,(H,19,20). The van der Waals surface area contributed by atoms with Gasteiger partial charge in [0.15, 0.2) is 0 Å². The van der Waals surface area contributed by atoms with Gasteiger partial charge in [-0.15, -0.1) is 11.8 Å². The number of amides is 1. The van der Waals surface area contributed by atoms with Crippen molar-refractivity contribution in [1.29, 1.82) is 0 Å². The summed E-state index contributed by atoms with van der Waals surface area (Å²) in [5.74, 6) is 2.58. The monoisotopic (exact) mass is 351 g/mol. The third kappa shape index (κ3) is 6.04. The van der Waals surface area contributed by atoms with E-state index in [0.29, 0.717) is 23.1 Å². The van der Waals surface area contributed by atoms with Crippen molar-refractivity contribution in [3.05, 3.63) is 53.6 Å². The minimum Gasteiger partial charge on any atom is -0.497 e. The molecule has 2 aromatic rings. The first-order chi connectivity index (χ1) is 11.2. The van der Waals surface area contributed by atoms with E-state index in [2.05, 4.69) is 5.32 Å². The number of hydrogen-bond acceptors (Lipinski definition) is 4. The molecule has 0 aliphatic carbocycles. The first-order valence-electron chi connectivity index (χ1n) is 7.08. The normalized spacial score (nSPS) is 10.2. The lowest BCUT2D eigenvalue weighted by atomic mass is 10.3. The minimum atomic E-state index is -0.0763. The van der Waals surface area contributed by atoms with E-state index >= 15 is 0 Å². The van der Waals surface area contributed by atoms with Crippen molar-refractivity contribution in [3.63, 3.8) is 0 Å². The van der Waals surface area contributed by atoms with Gasteiger partial charge in [0.2, 0.25) is 5.91 Å². The Labute approximate surface area is 145 Å². The number of para-hydroxylation sites is 1. The molecule has 0 unspecified atom stereocenters. The van der Waals surface area contributed by atoms with Crippen molar-refractivity contribution in [1.82, 2.24) is 0 Å². The molecule has 1 N–H and O–H groups in total. The Balaban J connectivity index is 1.63. The quantitative estimate of drug-likeness (QED) is 0.727. The molecule has 0 saturated heterocycles. The number of hydrogen-bond donors (Lipinski definition) is 1. The molecule has 0 aliphatic rings. The van der Waals surface area contributed by atoms with Gasteiger partial charge in [0, 0.05) is 5.75 Å². The molecule has 0 fully saturated rings. The highest BCUT2D eigenvalue weighted by atomic mass is 35.5. The molecule has 0 atom stereocenters. The van der Waals surface area contributed by atoms with Gasteiger partial charge < -0.3 is 14.8 Å². The van der Waals surface area contributed by atoms with E-state index in [9.17, 15) is 4.79 Å². The SMILES string of the molecule is COc1ccc(OCCSCC(=O)Nc2ccccc2Cl)cc1. The second-order valence-corrected chi connectivity index (χ2v) is 6.12. The van der Waals surface area contributed by atoms with Crippen LogP contribution in [0.2, 0.25) is 5.02 Å². The Morgan fingerprint density at radius 3 is 2.52 bits per heavy atom. The highest BCUT2D eigenvalue weighted by Gasteiger charge is 2.05. The summed E-state index contributed by atoms with van der Waals surface area (Å²) in [7, 11) is 1.63. The van der Waals surface area contributed by atoms with Gasteiger partial charge in [-0.2, -0.15) is 0 Å². The van der Waals surface area contributed by atoms with Crippen LogP contribution in [-0.4, -0.2) is 31.1 Å². The molecule has 1 amide bonds. The van der Waals surface area contributed by atoms with Crippen molar-refractivity contribution < 1.29 is 14.3 Å². The summed E-state index contributed by atoms with van der Waals surface area (Å²) < 4.78 is 10.7. The molecule has 122 valence electrons. The Kier molecular flexibility index (Phi) is 7.10. The fourth-order valence-corrected chi connectivity index (χ4v) is 2.59. The number of nitrogens with one attached hydrogen (secondary N) is 1. The van der Waals surface area contributed by atoms with Gasteiger partial charge in [0.05, 0.1) is 30.2 Å². The van der Waals surface area contributed by atoms with E-state index in [1.807, 2.05) is 36.4 Å². The van der Waals surface area contributed by atoms with Crippen molar-refractivity contribution in [2.45, 2.75) is 0 Å². The molecule has 0 saturated carbocycles. The van der Waals surface area contributed by atoms with Gasteiger partial charge in [0.25, 0.3) is 0 Å². The van der Waals surface area contributed by atoms with Crippen molar-refractivity contribution in [2.75, 3.05) is 30.5 Å². The second kappa shape index (κ2) is 9.33. The lowest BCUT2D eigenvalue weighted by Crippen LogP contribution is -2.15. The molecule has 0 aliphatic heterocycles. The van der Waals surface area contributed by atoms with Crippen LogP contribution in [0, 0.1) is 0 Å². The van der Waals surface area contributed by atoms with E-state index in [0.717, 1.165) is 17.3 Å². The Hall–Kier alpha value is -1.85. The van der Waals surface area contributed by atoms with Crippen LogP contribution in [0.3, 0.4) is 0 Å². The molecular formula is C17H18ClNO3S. The van der Waals surface area contributed by atoms with E-state index in [1.54, 1.807) is 19.2 Å². The maximum Gasteiger partial charge on any atom is 0.234 e. The topological polar surface area (TPSA) is 47.6 Å². The first-order valence-corrected chi connectivity index (χ1v) is 8.61. The van der Waals surface area contributed by atoms with Crippen LogP contribution < -0.4 is 14.8 Å². The molecule has 0 bridgehead atoms. The lowest BCUT2D eigenvalue weighted by Gasteiger charge is -2.08. The molecule has 0 aromatic heterocycles. The van der Waals surface area contributed by atoms with E-state index < -0.39 is 0 Å². The molecule has 0 heterocycles. The predicted molar refractivity (Wildman–Crippen MR) is 95.9 cm³/mol. The first kappa shape index (κ1) is 17.5. The minimum absolute atomic E-state index is 0.0763. The number of thioether (sulfide) groups is 1. The molecule has 6 heteroatoms. The molecule has 2 aromatic carbocycles. The number of ether oxygens (including phenoxy) is 2. The van der Waals surface area contributed by atoms with Crippen LogP contribution in [0.25, 0.3) is 0 Å². The zero-order valence-corrected chi connectivity index (χ0v) is 14.3. The maximum atomic E-state index is 11.8.